The summed E-state index contributed by atoms with van der Waals surface area (Å²) in [7, 11) is -3.23. The van der Waals surface area contributed by atoms with E-state index in [-0.39, 0.29) is 11.6 Å². The van der Waals surface area contributed by atoms with Gasteiger partial charge in [-0.05, 0) is 24.1 Å². The van der Waals surface area contributed by atoms with Crippen LogP contribution in [0.15, 0.2) is 24.3 Å². The van der Waals surface area contributed by atoms with Crippen molar-refractivity contribution in [3.05, 3.63) is 35.6 Å². The number of hydrogen-bond donors (Lipinski definition) is 1. The smallest absolute Gasteiger partial charge is 0.166 e. The molecule has 1 aromatic carbocycles. The molecule has 1 aliphatic rings. The third-order valence-electron chi connectivity index (χ3n) is 6.08. The Kier molecular flexibility index (Phi) is 11.9. The van der Waals surface area contributed by atoms with Crippen molar-refractivity contribution in [1.29, 1.82) is 0 Å². The maximum atomic E-state index is 13.2. The molecule has 1 fully saturated rings. The van der Waals surface area contributed by atoms with Gasteiger partial charge in [0.05, 0.1) is 5.75 Å². The second kappa shape index (κ2) is 14.2. The van der Waals surface area contributed by atoms with Gasteiger partial charge in [0.25, 0.3) is 0 Å². The summed E-state index contributed by atoms with van der Waals surface area (Å²) in [5, 5.41) is 2.78. The van der Waals surface area contributed by atoms with Crippen LogP contribution in [0.1, 0.15) is 76.7 Å². The molecular formula is C24H41FN2O2S. The van der Waals surface area contributed by atoms with Gasteiger partial charge < -0.3 is 5.32 Å². The Labute approximate surface area is 183 Å². The lowest BCUT2D eigenvalue weighted by molar-refractivity contribution is 0.216. The summed E-state index contributed by atoms with van der Waals surface area (Å²) < 4.78 is 39.6. The lowest BCUT2D eigenvalue weighted by atomic mass is 10.1. The van der Waals surface area contributed by atoms with Crippen LogP contribution in [0.4, 0.5) is 4.39 Å². The molecule has 2 rings (SSSR count). The van der Waals surface area contributed by atoms with Crippen molar-refractivity contribution in [2.24, 2.45) is 0 Å². The molecule has 1 N–H and O–H groups in total. The summed E-state index contributed by atoms with van der Waals surface area (Å²) in [4.78, 5) is 2.09. The SMILES string of the molecule is CCCCCCCCCCCCS(=O)(=O)C(Cc1ccc(F)cc1)N1CCNCC1. The minimum atomic E-state index is -3.23. The van der Waals surface area contributed by atoms with E-state index in [4.69, 9.17) is 0 Å². The lowest BCUT2D eigenvalue weighted by Gasteiger charge is -2.34. The van der Waals surface area contributed by atoms with Crippen LogP contribution >= 0.6 is 0 Å². The van der Waals surface area contributed by atoms with E-state index in [1.165, 1.54) is 57.1 Å². The number of piperazine rings is 1. The van der Waals surface area contributed by atoms with E-state index >= 15 is 0 Å². The van der Waals surface area contributed by atoms with Gasteiger partial charge in [0.2, 0.25) is 0 Å². The van der Waals surface area contributed by atoms with E-state index in [9.17, 15) is 12.8 Å². The highest BCUT2D eigenvalue weighted by molar-refractivity contribution is 7.91. The van der Waals surface area contributed by atoms with Crippen molar-refractivity contribution >= 4 is 9.84 Å². The van der Waals surface area contributed by atoms with Gasteiger partial charge in [0.15, 0.2) is 9.84 Å². The minimum absolute atomic E-state index is 0.249. The van der Waals surface area contributed by atoms with Gasteiger partial charge in [-0.2, -0.15) is 0 Å². The van der Waals surface area contributed by atoms with Crippen molar-refractivity contribution in [2.45, 2.75) is 82.9 Å². The summed E-state index contributed by atoms with van der Waals surface area (Å²) in [6.45, 7) is 5.34. The fourth-order valence-corrected chi connectivity index (χ4v) is 6.19. The maximum absolute atomic E-state index is 13.2. The van der Waals surface area contributed by atoms with E-state index in [1.54, 1.807) is 12.1 Å². The molecule has 1 atom stereocenters. The highest BCUT2D eigenvalue weighted by Crippen LogP contribution is 2.19. The standard InChI is InChI=1S/C24H41FN2O2S/c1-2-3-4-5-6-7-8-9-10-11-20-30(28,29)24(27-18-16-26-17-19-27)21-22-12-14-23(25)15-13-22/h12-15,24,26H,2-11,16-21H2,1H3. The van der Waals surface area contributed by atoms with Crippen molar-refractivity contribution in [3.8, 4) is 0 Å². The van der Waals surface area contributed by atoms with Crippen molar-refractivity contribution in [1.82, 2.24) is 10.2 Å². The number of rotatable bonds is 15. The van der Waals surface area contributed by atoms with Crippen LogP contribution in [-0.4, -0.2) is 50.6 Å². The van der Waals surface area contributed by atoms with Gasteiger partial charge in [-0.3, -0.25) is 4.90 Å². The van der Waals surface area contributed by atoms with E-state index in [0.29, 0.717) is 6.42 Å². The summed E-state index contributed by atoms with van der Waals surface area (Å²) in [6.07, 6.45) is 12.4. The first kappa shape index (κ1) is 25.3. The van der Waals surface area contributed by atoms with Crippen LogP contribution in [-0.2, 0) is 16.3 Å². The van der Waals surface area contributed by atoms with Crippen LogP contribution in [0.5, 0.6) is 0 Å². The molecule has 1 heterocycles. The predicted molar refractivity (Wildman–Crippen MR) is 124 cm³/mol. The molecule has 0 aliphatic carbocycles. The number of benzene rings is 1. The molecule has 0 saturated carbocycles. The molecule has 0 spiro atoms. The number of hydrogen-bond acceptors (Lipinski definition) is 4. The maximum Gasteiger partial charge on any atom is 0.166 e. The fourth-order valence-electron chi connectivity index (χ4n) is 4.20. The first-order valence-electron chi connectivity index (χ1n) is 11.9. The molecule has 30 heavy (non-hydrogen) atoms. The average molecular weight is 441 g/mol. The van der Waals surface area contributed by atoms with Crippen molar-refractivity contribution in [3.63, 3.8) is 0 Å². The number of nitrogens with zero attached hydrogens (tertiary/aromatic N) is 1. The number of nitrogens with one attached hydrogen (secondary N) is 1. The zero-order chi connectivity index (χ0) is 21.7. The van der Waals surface area contributed by atoms with Gasteiger partial charge in [-0.1, -0.05) is 76.8 Å². The number of sulfone groups is 1. The highest BCUT2D eigenvalue weighted by Gasteiger charge is 2.32. The summed E-state index contributed by atoms with van der Waals surface area (Å²) in [5.41, 5.74) is 0.881. The molecule has 0 aromatic heterocycles. The molecule has 0 radical (unpaired) electrons. The Bertz CT molecular complexity index is 673. The monoisotopic (exact) mass is 440 g/mol. The summed E-state index contributed by atoms with van der Waals surface area (Å²) >= 11 is 0. The van der Waals surface area contributed by atoms with Crippen LogP contribution < -0.4 is 5.32 Å². The molecule has 172 valence electrons. The second-order valence-electron chi connectivity index (χ2n) is 8.62. The average Bonchev–Trinajstić information content (AvgIpc) is 2.75. The first-order chi connectivity index (χ1) is 14.5. The Hall–Kier alpha value is -0.980. The Morgan fingerprint density at radius 2 is 1.43 bits per heavy atom. The predicted octanol–water partition coefficient (Wildman–Crippen LogP) is 4.94. The molecule has 1 aliphatic heterocycles. The normalized spacial score (nSPS) is 16.6. The van der Waals surface area contributed by atoms with Crippen LogP contribution in [0.2, 0.25) is 0 Å². The molecule has 0 bridgehead atoms. The zero-order valence-corrected chi connectivity index (χ0v) is 19.6. The Morgan fingerprint density at radius 1 is 0.900 bits per heavy atom. The van der Waals surface area contributed by atoms with Gasteiger partial charge in [0.1, 0.15) is 11.2 Å². The first-order valence-corrected chi connectivity index (χ1v) is 13.7. The van der Waals surface area contributed by atoms with Crippen molar-refractivity contribution in [2.75, 3.05) is 31.9 Å². The Morgan fingerprint density at radius 3 is 2.00 bits per heavy atom. The molecule has 1 unspecified atom stereocenters. The summed E-state index contributed by atoms with van der Waals surface area (Å²) in [6, 6.07) is 6.25. The van der Waals surface area contributed by atoms with E-state index in [0.717, 1.165) is 51.0 Å². The van der Waals surface area contributed by atoms with Crippen molar-refractivity contribution < 1.29 is 12.8 Å². The molecule has 0 amide bonds. The van der Waals surface area contributed by atoms with Crippen LogP contribution in [0, 0.1) is 5.82 Å². The third-order valence-corrected chi connectivity index (χ3v) is 8.23. The number of unbranched alkanes of at least 4 members (excludes halogenated alkanes) is 9. The molecule has 1 aromatic rings. The molecule has 6 heteroatoms. The zero-order valence-electron chi connectivity index (χ0n) is 18.8. The number of halogens is 1. The van der Waals surface area contributed by atoms with Crippen LogP contribution in [0.25, 0.3) is 0 Å². The van der Waals surface area contributed by atoms with Gasteiger partial charge in [-0.25, -0.2) is 12.8 Å². The van der Waals surface area contributed by atoms with E-state index < -0.39 is 15.2 Å². The minimum Gasteiger partial charge on any atom is -0.314 e. The largest absolute Gasteiger partial charge is 0.314 e. The highest BCUT2D eigenvalue weighted by atomic mass is 32.2. The Balaban J connectivity index is 1.79. The topological polar surface area (TPSA) is 49.4 Å². The molecular weight excluding hydrogens is 399 g/mol. The lowest BCUT2D eigenvalue weighted by Crippen LogP contribution is -2.52. The van der Waals surface area contributed by atoms with Gasteiger partial charge in [0, 0.05) is 32.6 Å². The fraction of sp³-hybridized carbons (Fsp3) is 0.750. The summed E-state index contributed by atoms with van der Waals surface area (Å²) in [5.74, 6) is -0.0371. The van der Waals surface area contributed by atoms with E-state index in [1.807, 2.05) is 0 Å². The second-order valence-corrected chi connectivity index (χ2v) is 10.9. The van der Waals surface area contributed by atoms with Gasteiger partial charge >= 0.3 is 0 Å². The third kappa shape index (κ3) is 9.44. The van der Waals surface area contributed by atoms with Crippen LogP contribution in [0.3, 0.4) is 0 Å². The van der Waals surface area contributed by atoms with Gasteiger partial charge in [-0.15, -0.1) is 0 Å². The van der Waals surface area contributed by atoms with E-state index in [2.05, 4.69) is 17.1 Å². The molecule has 4 nitrogen and oxygen atoms in total. The molecule has 1 saturated heterocycles. The quantitative estimate of drug-likeness (QED) is 0.393.